The van der Waals surface area contributed by atoms with Gasteiger partial charge in [-0.05, 0) is 36.6 Å². The Morgan fingerprint density at radius 3 is 2.44 bits per heavy atom. The van der Waals surface area contributed by atoms with Gasteiger partial charge >= 0.3 is 11.9 Å². The lowest BCUT2D eigenvalue weighted by Crippen LogP contribution is -2.26. The maximum Gasteiger partial charge on any atom is 0.338 e. The Labute approximate surface area is 157 Å². The van der Waals surface area contributed by atoms with Crippen LogP contribution in [0.5, 0.6) is 17.2 Å². The second-order valence-electron chi connectivity index (χ2n) is 6.63. The Bertz CT molecular complexity index is 913. The van der Waals surface area contributed by atoms with Crippen molar-refractivity contribution in [2.75, 3.05) is 14.2 Å². The van der Waals surface area contributed by atoms with Crippen molar-refractivity contribution in [3.8, 4) is 28.4 Å². The summed E-state index contributed by atoms with van der Waals surface area (Å²) >= 11 is 0. The van der Waals surface area contributed by atoms with Crippen LogP contribution in [0.4, 0.5) is 0 Å². The van der Waals surface area contributed by atoms with E-state index in [0.717, 1.165) is 30.4 Å². The zero-order chi connectivity index (χ0) is 19.0. The van der Waals surface area contributed by atoms with Crippen molar-refractivity contribution in [3.63, 3.8) is 0 Å². The van der Waals surface area contributed by atoms with Crippen molar-refractivity contribution in [2.45, 2.75) is 25.9 Å². The highest BCUT2D eigenvalue weighted by atomic mass is 16.6. The third-order valence-corrected chi connectivity index (χ3v) is 5.17. The highest BCUT2D eigenvalue weighted by Gasteiger charge is 2.31. The maximum absolute atomic E-state index is 12.5. The number of fused-ring (bicyclic) bond motifs is 1. The molecular weight excluding hydrogens is 348 g/mol. The summed E-state index contributed by atoms with van der Waals surface area (Å²) in [6, 6.07) is 8.96. The van der Waals surface area contributed by atoms with Gasteiger partial charge in [-0.1, -0.05) is 18.6 Å². The highest BCUT2D eigenvalue weighted by Crippen LogP contribution is 2.47. The number of cyclic esters (lactones) is 1. The predicted octanol–water partition coefficient (Wildman–Crippen LogP) is 3.75. The molecule has 0 saturated heterocycles. The Balaban J connectivity index is 1.85. The van der Waals surface area contributed by atoms with Crippen LogP contribution in [0.1, 0.15) is 35.2 Å². The normalized spacial score (nSPS) is 15.6. The number of esters is 2. The third kappa shape index (κ3) is 2.91. The molecule has 6 nitrogen and oxygen atoms in total. The molecule has 0 spiro atoms. The average molecular weight is 368 g/mol. The van der Waals surface area contributed by atoms with Crippen LogP contribution in [0.2, 0.25) is 0 Å². The molecule has 2 aromatic carbocycles. The summed E-state index contributed by atoms with van der Waals surface area (Å²) in [5.74, 6) is 0.430. The van der Waals surface area contributed by atoms with Crippen molar-refractivity contribution in [3.05, 3.63) is 41.5 Å². The van der Waals surface area contributed by atoms with Gasteiger partial charge in [0.15, 0.2) is 11.5 Å². The minimum absolute atomic E-state index is 0.0832. The summed E-state index contributed by atoms with van der Waals surface area (Å²) in [4.78, 5) is 24.5. The second-order valence-corrected chi connectivity index (χ2v) is 6.63. The van der Waals surface area contributed by atoms with Crippen LogP contribution in [0, 0.1) is 5.92 Å². The number of carbonyl (C=O) groups is 2. The second kappa shape index (κ2) is 6.95. The molecule has 0 N–H and O–H groups in total. The zero-order valence-electron chi connectivity index (χ0n) is 15.2. The van der Waals surface area contributed by atoms with E-state index in [9.17, 15) is 9.59 Å². The van der Waals surface area contributed by atoms with E-state index in [4.69, 9.17) is 18.9 Å². The van der Waals surface area contributed by atoms with Gasteiger partial charge < -0.3 is 18.9 Å². The number of carbonyl (C=O) groups excluding carboxylic acids is 2. The Hall–Kier alpha value is -3.02. The molecular formula is C21H20O6. The van der Waals surface area contributed by atoms with Gasteiger partial charge in [-0.25, -0.2) is 4.79 Å². The highest BCUT2D eigenvalue weighted by molar-refractivity contribution is 5.97. The topological polar surface area (TPSA) is 71.1 Å². The van der Waals surface area contributed by atoms with E-state index in [-0.39, 0.29) is 24.5 Å². The lowest BCUT2D eigenvalue weighted by Gasteiger charge is -2.25. The molecule has 1 aliphatic heterocycles. The monoisotopic (exact) mass is 368 g/mol. The SMILES string of the molecule is COc1ccc(-c2cccc3c2COC3=O)c(OC(=O)C2CCC2)c1OC. The van der Waals surface area contributed by atoms with Crippen molar-refractivity contribution >= 4 is 11.9 Å². The molecule has 0 atom stereocenters. The van der Waals surface area contributed by atoms with Crippen LogP contribution < -0.4 is 14.2 Å². The zero-order valence-corrected chi connectivity index (χ0v) is 15.2. The standard InChI is InChI=1S/C21H20O6/c1-24-17-10-9-14(13-7-4-8-15-16(13)11-26-21(15)23)18(19(17)25-2)27-20(22)12-5-3-6-12/h4,7-10,12H,3,5-6,11H2,1-2H3. The fourth-order valence-corrected chi connectivity index (χ4v) is 3.44. The van der Waals surface area contributed by atoms with Crippen molar-refractivity contribution in [2.24, 2.45) is 5.92 Å². The molecule has 6 heteroatoms. The van der Waals surface area contributed by atoms with Gasteiger partial charge in [0, 0.05) is 11.1 Å². The minimum atomic E-state index is -0.347. The number of benzene rings is 2. The number of hydrogen-bond donors (Lipinski definition) is 0. The van der Waals surface area contributed by atoms with Gasteiger partial charge in [-0.3, -0.25) is 4.79 Å². The Kier molecular flexibility index (Phi) is 4.48. The summed E-state index contributed by atoms with van der Waals surface area (Å²) in [5, 5.41) is 0. The van der Waals surface area contributed by atoms with Gasteiger partial charge in [-0.15, -0.1) is 0 Å². The van der Waals surface area contributed by atoms with E-state index in [2.05, 4.69) is 0 Å². The van der Waals surface area contributed by atoms with E-state index < -0.39 is 0 Å². The van der Waals surface area contributed by atoms with E-state index in [1.807, 2.05) is 12.1 Å². The van der Waals surface area contributed by atoms with E-state index in [1.54, 1.807) is 18.2 Å². The van der Waals surface area contributed by atoms with E-state index in [0.29, 0.717) is 28.4 Å². The summed E-state index contributed by atoms with van der Waals surface area (Å²) in [5.41, 5.74) is 2.74. The number of ether oxygens (including phenoxy) is 4. The van der Waals surface area contributed by atoms with Crippen LogP contribution >= 0.6 is 0 Å². The third-order valence-electron chi connectivity index (χ3n) is 5.17. The molecule has 1 heterocycles. The molecule has 1 aliphatic carbocycles. The molecule has 1 saturated carbocycles. The molecule has 2 aromatic rings. The average Bonchev–Trinajstić information content (AvgIpc) is 3.01. The van der Waals surface area contributed by atoms with Crippen molar-refractivity contribution in [1.82, 2.24) is 0 Å². The van der Waals surface area contributed by atoms with Crippen LogP contribution in [-0.2, 0) is 16.1 Å². The number of hydrogen-bond acceptors (Lipinski definition) is 6. The lowest BCUT2D eigenvalue weighted by molar-refractivity contribution is -0.141. The largest absolute Gasteiger partial charge is 0.493 e. The Morgan fingerprint density at radius 2 is 1.78 bits per heavy atom. The molecule has 0 bridgehead atoms. The smallest absolute Gasteiger partial charge is 0.338 e. The van der Waals surface area contributed by atoms with E-state index >= 15 is 0 Å². The van der Waals surface area contributed by atoms with Crippen molar-refractivity contribution < 1.29 is 28.5 Å². The predicted molar refractivity (Wildman–Crippen MR) is 97.1 cm³/mol. The van der Waals surface area contributed by atoms with Gasteiger partial charge in [0.1, 0.15) is 6.61 Å². The van der Waals surface area contributed by atoms with Gasteiger partial charge in [0.25, 0.3) is 0 Å². The van der Waals surface area contributed by atoms with Crippen LogP contribution in [-0.4, -0.2) is 26.2 Å². The fraction of sp³-hybridized carbons (Fsp3) is 0.333. The molecule has 4 rings (SSSR count). The van der Waals surface area contributed by atoms with Crippen molar-refractivity contribution in [1.29, 1.82) is 0 Å². The first-order valence-corrected chi connectivity index (χ1v) is 8.90. The maximum atomic E-state index is 12.5. The summed E-state index contributed by atoms with van der Waals surface area (Å²) in [6.07, 6.45) is 2.71. The van der Waals surface area contributed by atoms with Crippen LogP contribution in [0.25, 0.3) is 11.1 Å². The molecule has 0 amide bonds. The quantitative estimate of drug-likeness (QED) is 0.591. The molecule has 1 fully saturated rings. The van der Waals surface area contributed by atoms with E-state index in [1.165, 1.54) is 14.2 Å². The van der Waals surface area contributed by atoms with Crippen LogP contribution in [0.15, 0.2) is 30.3 Å². The molecule has 27 heavy (non-hydrogen) atoms. The first kappa shape index (κ1) is 17.4. The molecule has 2 aliphatic rings. The van der Waals surface area contributed by atoms with Gasteiger partial charge in [0.2, 0.25) is 5.75 Å². The summed E-state index contributed by atoms with van der Waals surface area (Å²) < 4.78 is 21.8. The van der Waals surface area contributed by atoms with Gasteiger partial charge in [-0.2, -0.15) is 0 Å². The first-order valence-electron chi connectivity index (χ1n) is 8.90. The summed E-state index contributed by atoms with van der Waals surface area (Å²) in [7, 11) is 3.03. The summed E-state index contributed by atoms with van der Waals surface area (Å²) in [6.45, 7) is 0.189. The molecule has 140 valence electrons. The molecule has 0 unspecified atom stereocenters. The lowest BCUT2D eigenvalue weighted by atomic mass is 9.85. The fourth-order valence-electron chi connectivity index (χ4n) is 3.44. The Morgan fingerprint density at radius 1 is 1.00 bits per heavy atom. The number of methoxy groups -OCH3 is 2. The first-order chi connectivity index (χ1) is 13.1. The minimum Gasteiger partial charge on any atom is -0.493 e. The number of rotatable bonds is 5. The molecule has 0 aromatic heterocycles. The molecule has 0 radical (unpaired) electrons. The van der Waals surface area contributed by atoms with Crippen LogP contribution in [0.3, 0.4) is 0 Å². The van der Waals surface area contributed by atoms with Gasteiger partial charge in [0.05, 0.1) is 25.7 Å².